The van der Waals surface area contributed by atoms with E-state index in [9.17, 15) is 13.6 Å². The third-order valence-corrected chi connectivity index (χ3v) is 3.02. The highest BCUT2D eigenvalue weighted by Crippen LogP contribution is 2.23. The van der Waals surface area contributed by atoms with Crippen molar-refractivity contribution in [3.63, 3.8) is 0 Å². The summed E-state index contributed by atoms with van der Waals surface area (Å²) >= 11 is 0. The molecule has 1 heterocycles. The predicted octanol–water partition coefficient (Wildman–Crippen LogP) is 2.69. The molecule has 0 saturated carbocycles. The van der Waals surface area contributed by atoms with Crippen molar-refractivity contribution in [1.29, 1.82) is 0 Å². The number of nitrogens with one attached hydrogen (secondary N) is 2. The lowest BCUT2D eigenvalue weighted by Gasteiger charge is -2.12. The molecule has 6 nitrogen and oxygen atoms in total. The molecule has 124 valence electrons. The summed E-state index contributed by atoms with van der Waals surface area (Å²) in [5, 5.41) is 9.31. The molecule has 2 rings (SSSR count). The summed E-state index contributed by atoms with van der Waals surface area (Å²) in [5.74, 6) is 0.315. The Labute approximate surface area is 132 Å². The quantitative estimate of drug-likeness (QED) is 0.858. The van der Waals surface area contributed by atoms with Gasteiger partial charge in [-0.05, 0) is 18.6 Å². The van der Waals surface area contributed by atoms with Gasteiger partial charge in [0, 0.05) is 37.1 Å². The van der Waals surface area contributed by atoms with E-state index in [1.165, 1.54) is 6.07 Å². The maximum Gasteiger partial charge on any atom is 0.319 e. The predicted molar refractivity (Wildman–Crippen MR) is 81.7 cm³/mol. The van der Waals surface area contributed by atoms with Crippen molar-refractivity contribution in [2.75, 3.05) is 11.9 Å². The molecule has 0 aliphatic rings. The normalized spacial score (nSPS) is 10.7. The summed E-state index contributed by atoms with van der Waals surface area (Å²) in [7, 11) is 1.79. The van der Waals surface area contributed by atoms with E-state index in [-0.39, 0.29) is 0 Å². The number of benzene rings is 1. The molecule has 2 aromatic rings. The second kappa shape index (κ2) is 7.57. The highest BCUT2D eigenvalue weighted by atomic mass is 19.3. The number of halogens is 2. The number of anilines is 1. The maximum atomic E-state index is 12.2. The SMILES string of the molecule is Cc1ccc(NC(=O)NCc2cnn(C)c2)cc1OCC(F)F. The molecule has 0 unspecified atom stereocenters. The van der Waals surface area contributed by atoms with E-state index in [1.54, 1.807) is 43.2 Å². The van der Waals surface area contributed by atoms with Gasteiger partial charge in [0.2, 0.25) is 0 Å². The van der Waals surface area contributed by atoms with Crippen LogP contribution in [0.4, 0.5) is 19.3 Å². The van der Waals surface area contributed by atoms with E-state index < -0.39 is 19.1 Å². The van der Waals surface area contributed by atoms with Crippen LogP contribution in [0, 0.1) is 6.92 Å². The van der Waals surface area contributed by atoms with Gasteiger partial charge >= 0.3 is 6.03 Å². The van der Waals surface area contributed by atoms with E-state index in [4.69, 9.17) is 4.74 Å². The minimum absolute atomic E-state index is 0.315. The van der Waals surface area contributed by atoms with Gasteiger partial charge in [0.25, 0.3) is 6.43 Å². The third-order valence-electron chi connectivity index (χ3n) is 3.02. The van der Waals surface area contributed by atoms with Crippen LogP contribution in [0.25, 0.3) is 0 Å². The van der Waals surface area contributed by atoms with Gasteiger partial charge in [0.1, 0.15) is 12.4 Å². The van der Waals surface area contributed by atoms with Crippen LogP contribution >= 0.6 is 0 Å². The monoisotopic (exact) mass is 324 g/mol. The van der Waals surface area contributed by atoms with Crippen molar-refractivity contribution in [2.45, 2.75) is 19.9 Å². The Morgan fingerprint density at radius 2 is 2.22 bits per heavy atom. The van der Waals surface area contributed by atoms with Crippen LogP contribution in [0.5, 0.6) is 5.75 Å². The Hall–Kier alpha value is -2.64. The van der Waals surface area contributed by atoms with Gasteiger partial charge in [-0.15, -0.1) is 0 Å². The van der Waals surface area contributed by atoms with E-state index in [1.807, 2.05) is 0 Å². The summed E-state index contributed by atoms with van der Waals surface area (Å²) in [5.41, 5.74) is 2.04. The van der Waals surface area contributed by atoms with Crippen molar-refractivity contribution in [3.05, 3.63) is 41.7 Å². The zero-order valence-corrected chi connectivity index (χ0v) is 12.8. The molecule has 1 aromatic carbocycles. The Morgan fingerprint density at radius 3 is 2.87 bits per heavy atom. The van der Waals surface area contributed by atoms with Crippen LogP contribution < -0.4 is 15.4 Å². The number of carbonyl (C=O) groups is 1. The van der Waals surface area contributed by atoms with Crippen LogP contribution in [0.2, 0.25) is 0 Å². The van der Waals surface area contributed by atoms with Crippen LogP contribution in [0.1, 0.15) is 11.1 Å². The number of hydrogen-bond acceptors (Lipinski definition) is 3. The Kier molecular flexibility index (Phi) is 5.51. The van der Waals surface area contributed by atoms with Gasteiger partial charge in [-0.2, -0.15) is 5.10 Å². The molecule has 8 heteroatoms. The molecule has 0 spiro atoms. The van der Waals surface area contributed by atoms with E-state index in [0.29, 0.717) is 23.5 Å². The fraction of sp³-hybridized carbons (Fsp3) is 0.333. The van der Waals surface area contributed by atoms with E-state index in [2.05, 4.69) is 15.7 Å². The average molecular weight is 324 g/mol. The summed E-state index contributed by atoms with van der Waals surface area (Å²) < 4.78 is 31.1. The first-order valence-electron chi connectivity index (χ1n) is 6.98. The lowest BCUT2D eigenvalue weighted by Crippen LogP contribution is -2.28. The number of urea groups is 1. The summed E-state index contributed by atoms with van der Waals surface area (Å²) in [6.07, 6.45) is 0.902. The van der Waals surface area contributed by atoms with Crippen molar-refractivity contribution < 1.29 is 18.3 Å². The van der Waals surface area contributed by atoms with Crippen molar-refractivity contribution in [2.24, 2.45) is 7.05 Å². The van der Waals surface area contributed by atoms with Gasteiger partial charge < -0.3 is 15.4 Å². The van der Waals surface area contributed by atoms with Crippen LogP contribution in [0.15, 0.2) is 30.6 Å². The topological polar surface area (TPSA) is 68.2 Å². The second-order valence-electron chi connectivity index (χ2n) is 5.01. The van der Waals surface area contributed by atoms with E-state index in [0.717, 1.165) is 5.56 Å². The van der Waals surface area contributed by atoms with Gasteiger partial charge in [0.05, 0.1) is 6.20 Å². The number of nitrogens with zero attached hydrogens (tertiary/aromatic N) is 2. The lowest BCUT2D eigenvalue weighted by molar-refractivity contribution is 0.0816. The molecule has 0 atom stereocenters. The standard InChI is InChI=1S/C15H18F2N4O2/c1-10-3-4-12(5-13(10)23-9-14(16)17)20-15(22)18-6-11-7-19-21(2)8-11/h3-5,7-8,14H,6,9H2,1-2H3,(H2,18,20,22). The number of aromatic nitrogens is 2. The van der Waals surface area contributed by atoms with Crippen LogP contribution in [-0.2, 0) is 13.6 Å². The van der Waals surface area contributed by atoms with Gasteiger partial charge in [-0.1, -0.05) is 6.07 Å². The summed E-state index contributed by atoms with van der Waals surface area (Å²) in [6.45, 7) is 1.39. The smallest absolute Gasteiger partial charge is 0.319 e. The molecule has 0 fully saturated rings. The highest BCUT2D eigenvalue weighted by molar-refractivity contribution is 5.89. The molecule has 0 aliphatic heterocycles. The molecular formula is C15H18F2N4O2. The first kappa shape index (κ1) is 16.7. The fourth-order valence-electron chi connectivity index (χ4n) is 1.91. The largest absolute Gasteiger partial charge is 0.487 e. The average Bonchev–Trinajstić information content (AvgIpc) is 2.91. The first-order chi connectivity index (χ1) is 10.9. The number of carbonyl (C=O) groups excluding carboxylic acids is 1. The molecule has 0 bridgehead atoms. The Bertz CT molecular complexity index is 673. The first-order valence-corrected chi connectivity index (χ1v) is 6.98. The Morgan fingerprint density at radius 1 is 1.43 bits per heavy atom. The molecule has 1 aromatic heterocycles. The highest BCUT2D eigenvalue weighted by Gasteiger charge is 2.08. The minimum atomic E-state index is -2.55. The summed E-state index contributed by atoms with van der Waals surface area (Å²) in [6, 6.07) is 4.48. The summed E-state index contributed by atoms with van der Waals surface area (Å²) in [4.78, 5) is 11.8. The molecule has 0 radical (unpaired) electrons. The molecule has 23 heavy (non-hydrogen) atoms. The number of rotatable bonds is 6. The lowest BCUT2D eigenvalue weighted by atomic mass is 10.2. The zero-order chi connectivity index (χ0) is 16.8. The molecule has 2 N–H and O–H groups in total. The van der Waals surface area contributed by atoms with Crippen LogP contribution in [0.3, 0.4) is 0 Å². The van der Waals surface area contributed by atoms with Crippen molar-refractivity contribution in [1.82, 2.24) is 15.1 Å². The van der Waals surface area contributed by atoms with Crippen molar-refractivity contribution in [3.8, 4) is 5.75 Å². The number of ether oxygens (including phenoxy) is 1. The fourth-order valence-corrected chi connectivity index (χ4v) is 1.91. The molecule has 2 amide bonds. The maximum absolute atomic E-state index is 12.2. The number of hydrogen-bond donors (Lipinski definition) is 2. The van der Waals surface area contributed by atoms with Gasteiger partial charge in [0.15, 0.2) is 0 Å². The molecule has 0 aliphatic carbocycles. The molecular weight excluding hydrogens is 306 g/mol. The van der Waals surface area contributed by atoms with Gasteiger partial charge in [-0.3, -0.25) is 4.68 Å². The van der Waals surface area contributed by atoms with Crippen LogP contribution in [-0.4, -0.2) is 28.8 Å². The van der Waals surface area contributed by atoms with Crippen molar-refractivity contribution >= 4 is 11.7 Å². The van der Waals surface area contributed by atoms with Gasteiger partial charge in [-0.25, -0.2) is 13.6 Å². The molecule has 0 saturated heterocycles. The second-order valence-corrected chi connectivity index (χ2v) is 5.01. The minimum Gasteiger partial charge on any atom is -0.487 e. The Balaban J connectivity index is 1.91. The third kappa shape index (κ3) is 5.24. The number of alkyl halides is 2. The number of amides is 2. The van der Waals surface area contributed by atoms with E-state index >= 15 is 0 Å². The zero-order valence-electron chi connectivity index (χ0n) is 12.8. The number of aryl methyl sites for hydroxylation is 2.